The van der Waals surface area contributed by atoms with Gasteiger partial charge in [0.25, 0.3) is 5.91 Å². The molecule has 1 fully saturated rings. The summed E-state index contributed by atoms with van der Waals surface area (Å²) in [4.78, 5) is 41.4. The fourth-order valence-corrected chi connectivity index (χ4v) is 4.65. The van der Waals surface area contributed by atoms with Gasteiger partial charge in [-0.15, -0.1) is 0 Å². The molecule has 2 amide bonds. The van der Waals surface area contributed by atoms with Crippen LogP contribution in [0.3, 0.4) is 0 Å². The Labute approximate surface area is 210 Å². The molecule has 8 nitrogen and oxygen atoms in total. The van der Waals surface area contributed by atoms with Gasteiger partial charge >= 0.3 is 0 Å². The second kappa shape index (κ2) is 11.1. The van der Waals surface area contributed by atoms with E-state index in [1.165, 1.54) is 32.3 Å². The average molecular weight is 491 g/mol. The van der Waals surface area contributed by atoms with E-state index in [0.29, 0.717) is 28.3 Å². The number of hydrogen-bond donors (Lipinski definition) is 1. The standard InChI is InChI=1S/C28H30N2O6/c1-18(31)19-9-6-12-21(17-19)30(28(33)24-15-8-16-36-24)25(27(32)29-20-10-4-5-11-20)22-13-7-14-23(34-2)26(22)35-3/h6-9,12-17,20,25H,4-5,10-11H2,1-3H3,(H,29,32)/t25-/m1/s1. The molecule has 8 heteroatoms. The third kappa shape index (κ3) is 5.12. The van der Waals surface area contributed by atoms with E-state index in [0.717, 1.165) is 25.7 Å². The Balaban J connectivity index is 1.92. The number of ketones is 1. The van der Waals surface area contributed by atoms with Crippen molar-refractivity contribution in [3.05, 3.63) is 77.7 Å². The van der Waals surface area contributed by atoms with Crippen LogP contribution in [0.2, 0.25) is 0 Å². The number of para-hydroxylation sites is 1. The van der Waals surface area contributed by atoms with Gasteiger partial charge in [0.15, 0.2) is 23.0 Å². The molecule has 1 N–H and O–H groups in total. The summed E-state index contributed by atoms with van der Waals surface area (Å²) >= 11 is 0. The van der Waals surface area contributed by atoms with Gasteiger partial charge in [0.1, 0.15) is 6.04 Å². The number of nitrogens with one attached hydrogen (secondary N) is 1. The predicted octanol–water partition coefficient (Wildman–Crippen LogP) is 4.95. The monoisotopic (exact) mass is 490 g/mol. The fraction of sp³-hybridized carbons (Fsp3) is 0.321. The molecule has 1 atom stereocenters. The summed E-state index contributed by atoms with van der Waals surface area (Å²) in [6, 6.07) is 13.9. The van der Waals surface area contributed by atoms with Crippen molar-refractivity contribution < 1.29 is 28.3 Å². The van der Waals surface area contributed by atoms with Gasteiger partial charge in [-0.1, -0.05) is 37.1 Å². The lowest BCUT2D eigenvalue weighted by Crippen LogP contribution is -2.46. The number of ether oxygens (including phenoxy) is 2. The summed E-state index contributed by atoms with van der Waals surface area (Å²) in [7, 11) is 3.00. The highest BCUT2D eigenvalue weighted by atomic mass is 16.5. The molecule has 1 aliphatic rings. The van der Waals surface area contributed by atoms with Crippen LogP contribution in [-0.2, 0) is 4.79 Å². The minimum atomic E-state index is -1.13. The topological polar surface area (TPSA) is 98.1 Å². The van der Waals surface area contributed by atoms with Crippen LogP contribution in [0.15, 0.2) is 65.3 Å². The highest BCUT2D eigenvalue weighted by Gasteiger charge is 2.38. The lowest BCUT2D eigenvalue weighted by molar-refractivity contribution is -0.123. The number of Topliss-reactive ketones (excluding diaryl/α,β-unsaturated/α-hetero) is 1. The maximum absolute atomic E-state index is 14.0. The van der Waals surface area contributed by atoms with Gasteiger partial charge in [-0.25, -0.2) is 0 Å². The minimum absolute atomic E-state index is 0.0146. The Morgan fingerprint density at radius 1 is 1.00 bits per heavy atom. The first-order valence-corrected chi connectivity index (χ1v) is 11.9. The van der Waals surface area contributed by atoms with Crippen molar-refractivity contribution in [2.45, 2.75) is 44.7 Å². The molecule has 188 valence electrons. The van der Waals surface area contributed by atoms with Crippen LogP contribution in [0.1, 0.15) is 65.1 Å². The zero-order chi connectivity index (χ0) is 25.7. The first-order valence-electron chi connectivity index (χ1n) is 11.9. The van der Waals surface area contributed by atoms with E-state index in [-0.39, 0.29) is 23.5 Å². The number of amides is 2. The third-order valence-electron chi connectivity index (χ3n) is 6.42. The number of methoxy groups -OCH3 is 2. The molecule has 0 aliphatic heterocycles. The molecular weight excluding hydrogens is 460 g/mol. The van der Waals surface area contributed by atoms with E-state index < -0.39 is 11.9 Å². The first kappa shape index (κ1) is 25.0. The maximum atomic E-state index is 14.0. The number of rotatable bonds is 9. The zero-order valence-corrected chi connectivity index (χ0v) is 20.7. The van der Waals surface area contributed by atoms with Crippen LogP contribution in [0.4, 0.5) is 5.69 Å². The second-order valence-corrected chi connectivity index (χ2v) is 8.73. The highest BCUT2D eigenvalue weighted by molar-refractivity contribution is 6.09. The van der Waals surface area contributed by atoms with E-state index in [1.54, 1.807) is 54.6 Å². The van der Waals surface area contributed by atoms with E-state index in [9.17, 15) is 14.4 Å². The van der Waals surface area contributed by atoms with Gasteiger partial charge in [-0.2, -0.15) is 0 Å². The number of benzene rings is 2. The van der Waals surface area contributed by atoms with Crippen molar-refractivity contribution in [1.29, 1.82) is 0 Å². The number of furan rings is 1. The predicted molar refractivity (Wildman–Crippen MR) is 135 cm³/mol. The maximum Gasteiger partial charge on any atom is 0.294 e. The van der Waals surface area contributed by atoms with Gasteiger partial charge in [-0.05, 0) is 50.1 Å². The van der Waals surface area contributed by atoms with Gasteiger partial charge < -0.3 is 19.2 Å². The third-order valence-corrected chi connectivity index (χ3v) is 6.42. The second-order valence-electron chi connectivity index (χ2n) is 8.73. The summed E-state index contributed by atoms with van der Waals surface area (Å²) < 4.78 is 16.6. The first-order chi connectivity index (χ1) is 17.4. The molecule has 0 unspecified atom stereocenters. The normalized spacial score (nSPS) is 14.2. The van der Waals surface area contributed by atoms with Gasteiger partial charge in [0, 0.05) is 22.9 Å². The molecule has 0 spiro atoms. The van der Waals surface area contributed by atoms with Crippen LogP contribution < -0.4 is 19.7 Å². The summed E-state index contributed by atoms with van der Waals surface area (Å²) in [6.07, 6.45) is 5.22. The molecule has 36 heavy (non-hydrogen) atoms. The van der Waals surface area contributed by atoms with Gasteiger partial charge in [-0.3, -0.25) is 19.3 Å². The number of anilines is 1. The van der Waals surface area contributed by atoms with Gasteiger partial charge in [0.2, 0.25) is 5.91 Å². The van der Waals surface area contributed by atoms with Crippen molar-refractivity contribution in [2.24, 2.45) is 0 Å². The quantitative estimate of drug-likeness (QED) is 0.427. The Hall–Kier alpha value is -4.07. The number of nitrogens with zero attached hydrogens (tertiary/aromatic N) is 1. The molecule has 0 saturated heterocycles. The Kier molecular flexibility index (Phi) is 7.73. The van der Waals surface area contributed by atoms with Crippen LogP contribution in [0, 0.1) is 0 Å². The molecule has 2 aromatic carbocycles. The van der Waals surface area contributed by atoms with Crippen LogP contribution in [-0.4, -0.2) is 37.9 Å². The molecule has 4 rings (SSSR count). The van der Waals surface area contributed by atoms with Gasteiger partial charge in [0.05, 0.1) is 20.5 Å². The minimum Gasteiger partial charge on any atom is -0.493 e. The van der Waals surface area contributed by atoms with Crippen LogP contribution >= 0.6 is 0 Å². The molecule has 3 aromatic rings. The molecule has 1 aromatic heterocycles. The molecule has 0 radical (unpaired) electrons. The van der Waals surface area contributed by atoms with Crippen molar-refractivity contribution in [3.63, 3.8) is 0 Å². The SMILES string of the molecule is COc1cccc([C@H](C(=O)NC2CCCC2)N(C(=O)c2ccco2)c2cccc(C(C)=O)c2)c1OC. The Bertz CT molecular complexity index is 1230. The van der Waals surface area contributed by atoms with E-state index in [4.69, 9.17) is 13.9 Å². The summed E-state index contributed by atoms with van der Waals surface area (Å²) in [5.41, 5.74) is 1.23. The molecular formula is C28H30N2O6. The van der Waals surface area contributed by atoms with Crippen molar-refractivity contribution >= 4 is 23.3 Å². The summed E-state index contributed by atoms with van der Waals surface area (Å²) in [5, 5.41) is 3.13. The zero-order valence-electron chi connectivity index (χ0n) is 20.7. The lowest BCUT2D eigenvalue weighted by atomic mass is 9.99. The van der Waals surface area contributed by atoms with Crippen LogP contribution in [0.25, 0.3) is 0 Å². The van der Waals surface area contributed by atoms with E-state index >= 15 is 0 Å². The molecule has 0 bridgehead atoms. The fourth-order valence-electron chi connectivity index (χ4n) is 4.65. The number of hydrogen-bond acceptors (Lipinski definition) is 6. The lowest BCUT2D eigenvalue weighted by Gasteiger charge is -2.33. The van der Waals surface area contributed by atoms with Crippen molar-refractivity contribution in [1.82, 2.24) is 5.32 Å². The average Bonchev–Trinajstić information content (AvgIpc) is 3.61. The summed E-state index contributed by atoms with van der Waals surface area (Å²) in [5.74, 6) is -0.223. The van der Waals surface area contributed by atoms with Crippen molar-refractivity contribution in [3.8, 4) is 11.5 Å². The van der Waals surface area contributed by atoms with Crippen LogP contribution in [0.5, 0.6) is 11.5 Å². The Morgan fingerprint density at radius 2 is 1.75 bits per heavy atom. The number of carbonyl (C=O) groups excluding carboxylic acids is 3. The van der Waals surface area contributed by atoms with E-state index in [1.807, 2.05) is 0 Å². The smallest absolute Gasteiger partial charge is 0.294 e. The Morgan fingerprint density at radius 3 is 2.39 bits per heavy atom. The summed E-state index contributed by atoms with van der Waals surface area (Å²) in [6.45, 7) is 1.45. The molecule has 1 saturated carbocycles. The van der Waals surface area contributed by atoms with Crippen molar-refractivity contribution in [2.75, 3.05) is 19.1 Å². The highest BCUT2D eigenvalue weighted by Crippen LogP contribution is 2.40. The molecule has 1 heterocycles. The number of carbonyl (C=O) groups is 3. The molecule has 1 aliphatic carbocycles. The largest absolute Gasteiger partial charge is 0.493 e. The van der Waals surface area contributed by atoms with E-state index in [2.05, 4.69) is 5.32 Å².